The molecule has 0 saturated carbocycles. The van der Waals surface area contributed by atoms with E-state index in [0.717, 1.165) is 0 Å². The maximum atomic E-state index is 12.7. The van der Waals surface area contributed by atoms with Crippen LogP contribution in [0.1, 0.15) is 48.5 Å². The summed E-state index contributed by atoms with van der Waals surface area (Å²) in [7, 11) is 0. The van der Waals surface area contributed by atoms with Gasteiger partial charge in [-0.05, 0) is 37.3 Å². The number of hydrogen-bond donors (Lipinski definition) is 2. The number of aromatic nitrogens is 2. The molecule has 8 nitrogen and oxygen atoms in total. The Morgan fingerprint density at radius 2 is 1.61 bits per heavy atom. The van der Waals surface area contributed by atoms with Crippen LogP contribution in [0.4, 0.5) is 5.69 Å². The fraction of sp³-hybridized carbons (Fsp3) is 0.261. The van der Waals surface area contributed by atoms with Crippen LogP contribution in [0, 0.1) is 5.41 Å². The van der Waals surface area contributed by atoms with Gasteiger partial charge < -0.3 is 10.1 Å². The van der Waals surface area contributed by atoms with Gasteiger partial charge in [0.1, 0.15) is 0 Å². The summed E-state index contributed by atoms with van der Waals surface area (Å²) >= 11 is 0. The molecule has 0 fully saturated rings. The topological polar surface area (TPSA) is 118 Å². The number of carbonyl (C=O) groups is 3. The predicted molar refractivity (Wildman–Crippen MR) is 116 cm³/mol. The van der Waals surface area contributed by atoms with Crippen LogP contribution in [0.3, 0.4) is 0 Å². The molecule has 1 atom stereocenters. The highest BCUT2D eigenvalue weighted by atomic mass is 16.5. The van der Waals surface area contributed by atoms with Crippen molar-refractivity contribution in [3.8, 4) is 0 Å². The van der Waals surface area contributed by atoms with Crippen LogP contribution in [-0.2, 0) is 9.53 Å². The van der Waals surface area contributed by atoms with Crippen LogP contribution in [0.25, 0.3) is 10.8 Å². The second-order valence-corrected chi connectivity index (χ2v) is 8.14. The summed E-state index contributed by atoms with van der Waals surface area (Å²) in [5.41, 5.74) is -0.152. The number of rotatable bonds is 5. The molecule has 1 heterocycles. The minimum atomic E-state index is -1.07. The number of aromatic amines is 1. The Labute approximate surface area is 178 Å². The molecule has 0 spiro atoms. The molecule has 0 aliphatic carbocycles. The molecular weight excluding hydrogens is 398 g/mol. The average Bonchev–Trinajstić information content (AvgIpc) is 2.73. The molecule has 2 N–H and O–H groups in total. The van der Waals surface area contributed by atoms with E-state index in [9.17, 15) is 19.2 Å². The Bertz CT molecular complexity index is 1210. The summed E-state index contributed by atoms with van der Waals surface area (Å²) < 4.78 is 5.30. The predicted octanol–water partition coefficient (Wildman–Crippen LogP) is 3.34. The van der Waals surface area contributed by atoms with E-state index in [1.165, 1.54) is 6.92 Å². The molecule has 1 amide bonds. The summed E-state index contributed by atoms with van der Waals surface area (Å²) in [4.78, 5) is 49.2. The number of hydrogen-bond acceptors (Lipinski definition) is 6. The molecule has 3 rings (SSSR count). The second kappa shape index (κ2) is 8.51. The van der Waals surface area contributed by atoms with Crippen LogP contribution in [0.15, 0.2) is 53.3 Å². The van der Waals surface area contributed by atoms with Gasteiger partial charge in [-0.2, -0.15) is 5.10 Å². The summed E-state index contributed by atoms with van der Waals surface area (Å²) in [6, 6.07) is 12.8. The molecule has 2 aromatic carbocycles. The molecule has 0 aliphatic heterocycles. The van der Waals surface area contributed by atoms with Gasteiger partial charge in [-0.3, -0.25) is 14.4 Å². The minimum Gasteiger partial charge on any atom is -0.449 e. The maximum Gasteiger partial charge on any atom is 0.360 e. The highest BCUT2D eigenvalue weighted by Gasteiger charge is 2.24. The van der Waals surface area contributed by atoms with E-state index in [0.29, 0.717) is 22.0 Å². The van der Waals surface area contributed by atoms with E-state index in [1.54, 1.807) is 69.3 Å². The largest absolute Gasteiger partial charge is 0.449 e. The number of anilines is 1. The molecule has 1 aromatic heterocycles. The third-order valence-corrected chi connectivity index (χ3v) is 4.65. The number of carbonyl (C=O) groups excluding carboxylic acids is 3. The molecular formula is C23H23N3O5. The summed E-state index contributed by atoms with van der Waals surface area (Å²) in [5.74, 6) is -1.37. The van der Waals surface area contributed by atoms with Crippen LogP contribution >= 0.6 is 0 Å². The molecule has 0 unspecified atom stereocenters. The Morgan fingerprint density at radius 1 is 1.00 bits per heavy atom. The Balaban J connectivity index is 1.72. The third-order valence-electron chi connectivity index (χ3n) is 4.65. The zero-order valence-electron chi connectivity index (χ0n) is 17.7. The fourth-order valence-electron chi connectivity index (χ4n) is 2.81. The quantitative estimate of drug-likeness (QED) is 0.482. The summed E-state index contributed by atoms with van der Waals surface area (Å²) in [6.07, 6.45) is -1.07. The number of H-pyrrole nitrogens is 1. The van der Waals surface area contributed by atoms with E-state index in [4.69, 9.17) is 4.74 Å². The standard InChI is InChI=1S/C23H23N3O5/c1-13(19(27)14-9-11-15(12-10-14)24-22(30)23(2,3)4)31-21(29)18-16-7-5-6-8-17(16)20(28)26-25-18/h5-13H,1-4H3,(H,24,30)(H,26,28)/t13-/m1/s1. The normalized spacial score (nSPS) is 12.3. The molecule has 3 aromatic rings. The van der Waals surface area contributed by atoms with Gasteiger partial charge in [-0.25, -0.2) is 9.89 Å². The van der Waals surface area contributed by atoms with Crippen molar-refractivity contribution < 1.29 is 19.1 Å². The second-order valence-electron chi connectivity index (χ2n) is 8.14. The Kier molecular flexibility index (Phi) is 6.01. The SMILES string of the molecule is C[C@@H](OC(=O)c1n[nH]c(=O)c2ccccc12)C(=O)c1ccc(NC(=O)C(C)(C)C)cc1. The number of fused-ring (bicyclic) bond motifs is 1. The Morgan fingerprint density at radius 3 is 2.23 bits per heavy atom. The van der Waals surface area contributed by atoms with Crippen molar-refractivity contribution in [1.29, 1.82) is 0 Å². The number of amides is 1. The van der Waals surface area contributed by atoms with Crippen molar-refractivity contribution in [2.75, 3.05) is 5.32 Å². The number of Topliss-reactive ketones (excluding diaryl/α,β-unsaturated/α-hetero) is 1. The molecule has 0 bridgehead atoms. The monoisotopic (exact) mass is 421 g/mol. The van der Waals surface area contributed by atoms with E-state index in [-0.39, 0.29) is 11.6 Å². The fourth-order valence-corrected chi connectivity index (χ4v) is 2.81. The number of esters is 1. The zero-order chi connectivity index (χ0) is 22.8. The van der Waals surface area contributed by atoms with Crippen LogP contribution in [-0.4, -0.2) is 34.0 Å². The van der Waals surface area contributed by atoms with Gasteiger partial charge >= 0.3 is 5.97 Å². The highest BCUT2D eigenvalue weighted by molar-refractivity contribution is 6.05. The number of nitrogens with one attached hydrogen (secondary N) is 2. The van der Waals surface area contributed by atoms with E-state index >= 15 is 0 Å². The van der Waals surface area contributed by atoms with Crippen molar-refractivity contribution in [2.24, 2.45) is 5.41 Å². The lowest BCUT2D eigenvalue weighted by atomic mass is 9.95. The van der Waals surface area contributed by atoms with Crippen LogP contribution < -0.4 is 10.9 Å². The lowest BCUT2D eigenvalue weighted by molar-refractivity contribution is -0.123. The molecule has 160 valence electrons. The maximum absolute atomic E-state index is 12.7. The van der Waals surface area contributed by atoms with Crippen molar-refractivity contribution in [2.45, 2.75) is 33.8 Å². The first-order valence-corrected chi connectivity index (χ1v) is 9.72. The highest BCUT2D eigenvalue weighted by Crippen LogP contribution is 2.19. The lowest BCUT2D eigenvalue weighted by Crippen LogP contribution is -2.28. The van der Waals surface area contributed by atoms with Crippen molar-refractivity contribution in [3.05, 3.63) is 70.1 Å². The molecule has 0 aliphatic rings. The third kappa shape index (κ3) is 4.85. The summed E-state index contributed by atoms with van der Waals surface area (Å²) in [5, 5.41) is 9.48. The van der Waals surface area contributed by atoms with Gasteiger partial charge in [-0.1, -0.05) is 39.0 Å². The van der Waals surface area contributed by atoms with Crippen LogP contribution in [0.5, 0.6) is 0 Å². The van der Waals surface area contributed by atoms with Gasteiger partial charge in [0.15, 0.2) is 11.8 Å². The van der Waals surface area contributed by atoms with Crippen molar-refractivity contribution >= 4 is 34.1 Å². The molecule has 0 saturated heterocycles. The molecule has 0 radical (unpaired) electrons. The van der Waals surface area contributed by atoms with Gasteiger partial charge in [0.25, 0.3) is 5.56 Å². The number of benzene rings is 2. The Hall–Kier alpha value is -3.81. The number of ether oxygens (including phenoxy) is 1. The molecule has 8 heteroatoms. The van der Waals surface area contributed by atoms with E-state index < -0.39 is 28.8 Å². The summed E-state index contributed by atoms with van der Waals surface area (Å²) in [6.45, 7) is 6.87. The van der Waals surface area contributed by atoms with E-state index in [1.807, 2.05) is 0 Å². The molecule has 31 heavy (non-hydrogen) atoms. The zero-order valence-corrected chi connectivity index (χ0v) is 17.7. The van der Waals surface area contributed by atoms with Gasteiger partial charge in [0, 0.05) is 22.1 Å². The number of nitrogens with zero attached hydrogens (tertiary/aromatic N) is 1. The van der Waals surface area contributed by atoms with Crippen molar-refractivity contribution in [3.63, 3.8) is 0 Å². The first-order valence-electron chi connectivity index (χ1n) is 9.72. The van der Waals surface area contributed by atoms with Crippen molar-refractivity contribution in [1.82, 2.24) is 10.2 Å². The average molecular weight is 421 g/mol. The first kappa shape index (κ1) is 21.9. The van der Waals surface area contributed by atoms with Gasteiger partial charge in [0.05, 0.1) is 5.39 Å². The van der Waals surface area contributed by atoms with E-state index in [2.05, 4.69) is 15.5 Å². The lowest BCUT2D eigenvalue weighted by Gasteiger charge is -2.18. The van der Waals surface area contributed by atoms with Gasteiger partial charge in [-0.15, -0.1) is 0 Å². The minimum absolute atomic E-state index is 0.0740. The van der Waals surface area contributed by atoms with Gasteiger partial charge in [0.2, 0.25) is 11.7 Å². The number of ketones is 1. The van der Waals surface area contributed by atoms with Crippen LogP contribution in [0.2, 0.25) is 0 Å². The smallest absolute Gasteiger partial charge is 0.360 e. The first-order chi connectivity index (χ1) is 14.6.